The molecule has 3 fully saturated rings. The normalized spacial score (nSPS) is 48.0. The number of hydrogen-bond donors (Lipinski definition) is 0. The number of Topliss-reactive ketones (excluding diaryl/α,β-unsaturated/α-hetero) is 1. The van der Waals surface area contributed by atoms with E-state index in [0.717, 1.165) is 32.1 Å². The van der Waals surface area contributed by atoms with Crippen LogP contribution < -0.4 is 0 Å². The fourth-order valence-electron chi connectivity index (χ4n) is 7.10. The van der Waals surface area contributed by atoms with E-state index in [1.807, 2.05) is 6.08 Å². The number of ketones is 2. The second kappa shape index (κ2) is 5.29. The first-order valence-corrected chi connectivity index (χ1v) is 10.1. The maximum atomic E-state index is 12.6. The van der Waals surface area contributed by atoms with Crippen LogP contribution in [-0.4, -0.2) is 11.6 Å². The van der Waals surface area contributed by atoms with E-state index in [4.69, 9.17) is 0 Å². The maximum Gasteiger partial charge on any atom is 0.155 e. The van der Waals surface area contributed by atoms with E-state index in [9.17, 15) is 9.59 Å². The molecule has 0 spiro atoms. The first-order valence-electron chi connectivity index (χ1n) is 10.1. The summed E-state index contributed by atoms with van der Waals surface area (Å²) >= 11 is 0. The molecule has 4 aliphatic carbocycles. The van der Waals surface area contributed by atoms with Gasteiger partial charge in [-0.3, -0.25) is 9.59 Å². The van der Waals surface area contributed by atoms with Crippen molar-refractivity contribution in [2.24, 2.45) is 40.4 Å². The van der Waals surface area contributed by atoms with Crippen LogP contribution in [0.4, 0.5) is 0 Å². The summed E-state index contributed by atoms with van der Waals surface area (Å²) in [4.78, 5) is 24.7. The van der Waals surface area contributed by atoms with Crippen molar-refractivity contribution in [2.75, 3.05) is 0 Å². The summed E-state index contributed by atoms with van der Waals surface area (Å²) in [6.07, 6.45) is 9.12. The molecule has 0 N–H and O–H groups in total. The van der Waals surface area contributed by atoms with Crippen LogP contribution >= 0.6 is 0 Å². The molecular weight excluding hydrogens is 296 g/mol. The quantitative estimate of drug-likeness (QED) is 0.681. The highest BCUT2D eigenvalue weighted by Crippen LogP contribution is 2.66. The van der Waals surface area contributed by atoms with Gasteiger partial charge in [0.05, 0.1) is 0 Å². The van der Waals surface area contributed by atoms with Gasteiger partial charge in [0, 0.05) is 18.3 Å². The molecule has 4 aliphatic rings. The lowest BCUT2D eigenvalue weighted by molar-refractivity contribution is -0.133. The molecule has 0 aromatic rings. The molecule has 0 heterocycles. The number of carbonyl (C=O) groups is 2. The minimum Gasteiger partial charge on any atom is -0.299 e. The Hall–Kier alpha value is -0.920. The molecule has 0 radical (unpaired) electrons. The summed E-state index contributed by atoms with van der Waals surface area (Å²) in [5.74, 6) is 3.90. The van der Waals surface area contributed by atoms with Crippen LogP contribution in [0.25, 0.3) is 0 Å². The third-order valence-corrected chi connectivity index (χ3v) is 8.56. The third-order valence-electron chi connectivity index (χ3n) is 8.56. The molecule has 3 saturated carbocycles. The summed E-state index contributed by atoms with van der Waals surface area (Å²) in [5, 5.41) is 0. The predicted octanol–water partition coefficient (Wildman–Crippen LogP) is 4.97. The van der Waals surface area contributed by atoms with Gasteiger partial charge in [0.25, 0.3) is 0 Å². The number of rotatable bonds is 1. The smallest absolute Gasteiger partial charge is 0.155 e. The zero-order chi connectivity index (χ0) is 17.3. The van der Waals surface area contributed by atoms with Crippen molar-refractivity contribution >= 4 is 11.6 Å². The predicted molar refractivity (Wildman–Crippen MR) is 95.4 cm³/mol. The summed E-state index contributed by atoms with van der Waals surface area (Å²) in [7, 11) is 0. The molecule has 0 unspecified atom stereocenters. The Kier molecular flexibility index (Phi) is 3.64. The summed E-state index contributed by atoms with van der Waals surface area (Å²) in [5.41, 5.74) is 1.60. The molecule has 2 heteroatoms. The number of allylic oxidation sites excluding steroid dienone is 1. The molecule has 0 saturated heterocycles. The van der Waals surface area contributed by atoms with Gasteiger partial charge in [-0.15, -0.1) is 0 Å². The highest BCUT2D eigenvalue weighted by atomic mass is 16.1. The van der Waals surface area contributed by atoms with Gasteiger partial charge < -0.3 is 0 Å². The monoisotopic (exact) mass is 328 g/mol. The first-order chi connectivity index (χ1) is 11.3. The Morgan fingerprint density at radius 3 is 2.42 bits per heavy atom. The highest BCUT2D eigenvalue weighted by molar-refractivity contribution is 5.92. The van der Waals surface area contributed by atoms with E-state index in [2.05, 4.69) is 27.7 Å². The standard InChI is InChI=1S/C22H32O2/c1-13(2)15-12-16-17-5-6-20(24)22(17,4)10-8-18(16)21(3)9-7-14(23)11-19(15)21/h11,13,15-18H,5-10,12H2,1-4H3/t15-,16-,17-,18-,21+,22-/m0/s1. The Balaban J connectivity index is 1.77. The molecule has 24 heavy (non-hydrogen) atoms. The SMILES string of the molecule is CC(C)[C@@H]1C[C@@H]2[C@H](CC[C@]3(C)C(=O)CC[C@@H]23)[C@@]2(C)CCC(=O)C=C12. The van der Waals surface area contributed by atoms with Crippen LogP contribution in [0.3, 0.4) is 0 Å². The van der Waals surface area contributed by atoms with Gasteiger partial charge >= 0.3 is 0 Å². The zero-order valence-corrected chi connectivity index (χ0v) is 15.7. The molecule has 0 aromatic heterocycles. The van der Waals surface area contributed by atoms with E-state index in [-0.39, 0.29) is 10.8 Å². The molecule has 2 nitrogen and oxygen atoms in total. The lowest BCUT2D eigenvalue weighted by Gasteiger charge is -2.59. The number of fused-ring (bicyclic) bond motifs is 5. The fourth-order valence-corrected chi connectivity index (χ4v) is 7.10. The Bertz CT molecular complexity index is 615. The highest BCUT2D eigenvalue weighted by Gasteiger charge is 2.60. The van der Waals surface area contributed by atoms with Crippen molar-refractivity contribution in [3.05, 3.63) is 11.6 Å². The average Bonchev–Trinajstić information content (AvgIpc) is 2.83. The van der Waals surface area contributed by atoms with Crippen LogP contribution in [0.5, 0.6) is 0 Å². The van der Waals surface area contributed by atoms with Crippen LogP contribution in [0.1, 0.15) is 72.6 Å². The van der Waals surface area contributed by atoms with E-state index in [1.165, 1.54) is 18.4 Å². The fraction of sp³-hybridized carbons (Fsp3) is 0.818. The largest absolute Gasteiger partial charge is 0.299 e. The van der Waals surface area contributed by atoms with Gasteiger partial charge in [0.2, 0.25) is 0 Å². The van der Waals surface area contributed by atoms with Crippen LogP contribution in [-0.2, 0) is 9.59 Å². The molecule has 4 rings (SSSR count). The molecular formula is C22H32O2. The van der Waals surface area contributed by atoms with Crippen molar-refractivity contribution in [3.63, 3.8) is 0 Å². The van der Waals surface area contributed by atoms with Crippen LogP contribution in [0.15, 0.2) is 11.6 Å². The summed E-state index contributed by atoms with van der Waals surface area (Å²) < 4.78 is 0. The lowest BCUT2D eigenvalue weighted by atomic mass is 9.45. The third kappa shape index (κ3) is 2.07. The van der Waals surface area contributed by atoms with Crippen molar-refractivity contribution < 1.29 is 9.59 Å². The average molecular weight is 328 g/mol. The molecule has 132 valence electrons. The number of carbonyl (C=O) groups excluding carboxylic acids is 2. The van der Waals surface area contributed by atoms with Crippen LogP contribution in [0, 0.1) is 40.4 Å². The Labute approximate surface area is 146 Å². The van der Waals surface area contributed by atoms with Gasteiger partial charge in [-0.25, -0.2) is 0 Å². The molecule has 0 bridgehead atoms. The Morgan fingerprint density at radius 2 is 1.71 bits per heavy atom. The molecule has 6 atom stereocenters. The Morgan fingerprint density at radius 1 is 1.00 bits per heavy atom. The van der Waals surface area contributed by atoms with E-state index in [1.54, 1.807) is 0 Å². The second-order valence-electron chi connectivity index (χ2n) is 9.86. The van der Waals surface area contributed by atoms with E-state index < -0.39 is 0 Å². The topological polar surface area (TPSA) is 34.1 Å². The van der Waals surface area contributed by atoms with Crippen molar-refractivity contribution in [2.45, 2.75) is 72.6 Å². The molecule has 0 aliphatic heterocycles. The van der Waals surface area contributed by atoms with Gasteiger partial charge in [-0.05, 0) is 73.2 Å². The molecule has 0 amide bonds. The first kappa shape index (κ1) is 16.5. The van der Waals surface area contributed by atoms with Gasteiger partial charge in [-0.2, -0.15) is 0 Å². The van der Waals surface area contributed by atoms with Gasteiger partial charge in [0.15, 0.2) is 5.78 Å². The zero-order valence-electron chi connectivity index (χ0n) is 15.7. The minimum absolute atomic E-state index is 0.0508. The maximum absolute atomic E-state index is 12.6. The van der Waals surface area contributed by atoms with Crippen molar-refractivity contribution in [1.29, 1.82) is 0 Å². The minimum atomic E-state index is -0.0508. The molecule has 0 aromatic carbocycles. The van der Waals surface area contributed by atoms with Gasteiger partial charge in [0.1, 0.15) is 5.78 Å². The second-order valence-corrected chi connectivity index (χ2v) is 9.86. The van der Waals surface area contributed by atoms with Gasteiger partial charge in [-0.1, -0.05) is 33.3 Å². The van der Waals surface area contributed by atoms with E-state index in [0.29, 0.717) is 41.2 Å². The summed E-state index contributed by atoms with van der Waals surface area (Å²) in [6, 6.07) is 0. The summed E-state index contributed by atoms with van der Waals surface area (Å²) in [6.45, 7) is 9.32. The van der Waals surface area contributed by atoms with Crippen LogP contribution in [0.2, 0.25) is 0 Å². The lowest BCUT2D eigenvalue weighted by Crippen LogP contribution is -2.53. The van der Waals surface area contributed by atoms with E-state index >= 15 is 0 Å². The van der Waals surface area contributed by atoms with Crippen molar-refractivity contribution in [1.82, 2.24) is 0 Å². The van der Waals surface area contributed by atoms with Crippen molar-refractivity contribution in [3.8, 4) is 0 Å². The number of hydrogen-bond acceptors (Lipinski definition) is 2.